The molecule has 1 aliphatic rings. The van der Waals surface area contributed by atoms with Crippen LogP contribution < -0.4 is 5.32 Å². The third-order valence-corrected chi connectivity index (χ3v) is 4.20. The van der Waals surface area contributed by atoms with Gasteiger partial charge in [-0.3, -0.25) is 4.90 Å². The van der Waals surface area contributed by atoms with E-state index in [1.54, 1.807) is 6.07 Å². The second kappa shape index (κ2) is 5.65. The first-order valence-electron chi connectivity index (χ1n) is 7.51. The van der Waals surface area contributed by atoms with Gasteiger partial charge >= 0.3 is 0 Å². The SMILES string of the molecule is CC1(C)CN(Cc2ccc(F)cc2F)C(C(C)(C)C)CN1. The predicted molar refractivity (Wildman–Crippen MR) is 82.1 cm³/mol. The average Bonchev–Trinajstić information content (AvgIpc) is 2.30. The number of piperazine rings is 1. The first-order chi connectivity index (χ1) is 9.58. The molecule has 1 atom stereocenters. The van der Waals surface area contributed by atoms with Gasteiger partial charge in [0.2, 0.25) is 0 Å². The van der Waals surface area contributed by atoms with E-state index in [-0.39, 0.29) is 11.0 Å². The van der Waals surface area contributed by atoms with Gasteiger partial charge in [-0.25, -0.2) is 8.78 Å². The second-order valence-corrected chi connectivity index (χ2v) is 7.79. The molecule has 1 aromatic rings. The average molecular weight is 296 g/mol. The first kappa shape index (κ1) is 16.4. The van der Waals surface area contributed by atoms with Crippen LogP contribution in [0.4, 0.5) is 8.78 Å². The minimum Gasteiger partial charge on any atom is -0.309 e. The fraction of sp³-hybridized carbons (Fsp3) is 0.647. The monoisotopic (exact) mass is 296 g/mol. The van der Waals surface area contributed by atoms with Gasteiger partial charge < -0.3 is 5.32 Å². The van der Waals surface area contributed by atoms with E-state index in [1.165, 1.54) is 6.07 Å². The highest BCUT2D eigenvalue weighted by Crippen LogP contribution is 2.30. The summed E-state index contributed by atoms with van der Waals surface area (Å²) in [6.45, 7) is 13.1. The zero-order valence-electron chi connectivity index (χ0n) is 13.6. The summed E-state index contributed by atoms with van der Waals surface area (Å²) in [6.07, 6.45) is 0. The molecule has 1 aliphatic heterocycles. The molecule has 2 rings (SSSR count). The highest BCUT2D eigenvalue weighted by molar-refractivity contribution is 5.19. The van der Waals surface area contributed by atoms with Crippen LogP contribution in [0.25, 0.3) is 0 Å². The lowest BCUT2D eigenvalue weighted by atomic mass is 9.82. The maximum absolute atomic E-state index is 13.9. The van der Waals surface area contributed by atoms with Crippen molar-refractivity contribution in [2.75, 3.05) is 13.1 Å². The van der Waals surface area contributed by atoms with E-state index in [1.807, 2.05) is 0 Å². The van der Waals surface area contributed by atoms with Crippen molar-refractivity contribution in [1.29, 1.82) is 0 Å². The highest BCUT2D eigenvalue weighted by atomic mass is 19.1. The van der Waals surface area contributed by atoms with Crippen LogP contribution in [-0.4, -0.2) is 29.6 Å². The molecule has 1 heterocycles. The molecule has 1 N–H and O–H groups in total. The molecule has 21 heavy (non-hydrogen) atoms. The van der Waals surface area contributed by atoms with Crippen molar-refractivity contribution in [2.45, 2.75) is 52.7 Å². The van der Waals surface area contributed by atoms with Crippen molar-refractivity contribution in [3.63, 3.8) is 0 Å². The summed E-state index contributed by atoms with van der Waals surface area (Å²) in [5.74, 6) is -0.983. The third kappa shape index (κ3) is 4.01. The number of hydrogen-bond acceptors (Lipinski definition) is 2. The fourth-order valence-electron chi connectivity index (χ4n) is 3.06. The lowest BCUT2D eigenvalue weighted by Gasteiger charge is -2.49. The molecule has 0 radical (unpaired) electrons. The van der Waals surface area contributed by atoms with E-state index >= 15 is 0 Å². The topological polar surface area (TPSA) is 15.3 Å². The zero-order chi connectivity index (χ0) is 15.8. The summed E-state index contributed by atoms with van der Waals surface area (Å²) in [5, 5.41) is 3.56. The molecule has 0 amide bonds. The number of nitrogens with one attached hydrogen (secondary N) is 1. The lowest BCUT2D eigenvalue weighted by Crippen LogP contribution is -2.64. The predicted octanol–water partition coefficient (Wildman–Crippen LogP) is 3.56. The zero-order valence-corrected chi connectivity index (χ0v) is 13.6. The molecule has 0 spiro atoms. The molecule has 0 saturated carbocycles. The lowest BCUT2D eigenvalue weighted by molar-refractivity contribution is 0.0264. The summed E-state index contributed by atoms with van der Waals surface area (Å²) in [7, 11) is 0. The minimum absolute atomic E-state index is 0.00173. The van der Waals surface area contributed by atoms with Gasteiger partial charge in [0.1, 0.15) is 11.6 Å². The summed E-state index contributed by atoms with van der Waals surface area (Å²) >= 11 is 0. The Balaban J connectivity index is 2.24. The van der Waals surface area contributed by atoms with Crippen LogP contribution >= 0.6 is 0 Å². The summed E-state index contributed by atoms with van der Waals surface area (Å²) in [4.78, 5) is 2.31. The molecule has 1 saturated heterocycles. The van der Waals surface area contributed by atoms with Crippen LogP contribution in [0.3, 0.4) is 0 Å². The number of halogens is 2. The number of benzene rings is 1. The largest absolute Gasteiger partial charge is 0.309 e. The second-order valence-electron chi connectivity index (χ2n) is 7.79. The van der Waals surface area contributed by atoms with Gasteiger partial charge in [0.05, 0.1) is 0 Å². The van der Waals surface area contributed by atoms with E-state index in [4.69, 9.17) is 0 Å². The van der Waals surface area contributed by atoms with Gasteiger partial charge in [-0.15, -0.1) is 0 Å². The minimum atomic E-state index is -0.524. The van der Waals surface area contributed by atoms with E-state index < -0.39 is 11.6 Å². The van der Waals surface area contributed by atoms with Gasteiger partial charge in [0, 0.05) is 42.8 Å². The quantitative estimate of drug-likeness (QED) is 0.897. The smallest absolute Gasteiger partial charge is 0.130 e. The van der Waals surface area contributed by atoms with Crippen LogP contribution in [0, 0.1) is 17.0 Å². The standard InChI is InChI=1S/C17H26F2N2/c1-16(2,3)15-9-20-17(4,5)11-21(15)10-12-6-7-13(18)8-14(12)19/h6-8,15,20H,9-11H2,1-5H3. The van der Waals surface area contributed by atoms with Crippen molar-refractivity contribution in [2.24, 2.45) is 5.41 Å². The van der Waals surface area contributed by atoms with Crippen LogP contribution in [0.2, 0.25) is 0 Å². The van der Waals surface area contributed by atoms with E-state index in [2.05, 4.69) is 44.8 Å². The van der Waals surface area contributed by atoms with Gasteiger partial charge in [0.25, 0.3) is 0 Å². The Morgan fingerprint density at radius 3 is 2.52 bits per heavy atom. The Bertz CT molecular complexity index is 506. The van der Waals surface area contributed by atoms with Crippen LogP contribution in [0.5, 0.6) is 0 Å². The van der Waals surface area contributed by atoms with Crippen molar-refractivity contribution in [3.05, 3.63) is 35.4 Å². The summed E-state index contributed by atoms with van der Waals surface area (Å²) in [5.41, 5.74) is 0.654. The number of hydrogen-bond donors (Lipinski definition) is 1. The fourth-order valence-corrected chi connectivity index (χ4v) is 3.06. The van der Waals surface area contributed by atoms with E-state index in [0.29, 0.717) is 18.2 Å². The van der Waals surface area contributed by atoms with Gasteiger partial charge in [0.15, 0.2) is 0 Å². The number of nitrogens with zero attached hydrogens (tertiary/aromatic N) is 1. The highest BCUT2D eigenvalue weighted by Gasteiger charge is 2.38. The maximum atomic E-state index is 13.9. The van der Waals surface area contributed by atoms with Crippen LogP contribution in [-0.2, 0) is 6.54 Å². The molecule has 1 aromatic carbocycles. The normalized spacial score (nSPS) is 23.3. The molecule has 4 heteroatoms. The van der Waals surface area contributed by atoms with E-state index in [0.717, 1.165) is 19.2 Å². The Morgan fingerprint density at radius 1 is 1.29 bits per heavy atom. The van der Waals surface area contributed by atoms with Gasteiger partial charge in [-0.2, -0.15) is 0 Å². The Morgan fingerprint density at radius 2 is 1.95 bits per heavy atom. The van der Waals surface area contributed by atoms with Crippen LogP contribution in [0.1, 0.15) is 40.2 Å². The Kier molecular flexibility index (Phi) is 4.41. The molecular formula is C17H26F2N2. The Hall–Kier alpha value is -1.00. The first-order valence-corrected chi connectivity index (χ1v) is 7.51. The van der Waals surface area contributed by atoms with Crippen molar-refractivity contribution < 1.29 is 8.78 Å². The summed E-state index contributed by atoms with van der Waals surface area (Å²) < 4.78 is 27.0. The summed E-state index contributed by atoms with van der Waals surface area (Å²) in [6, 6.07) is 4.17. The van der Waals surface area contributed by atoms with Crippen LogP contribution in [0.15, 0.2) is 18.2 Å². The maximum Gasteiger partial charge on any atom is 0.130 e. The molecule has 0 aliphatic carbocycles. The Labute approximate surface area is 126 Å². The molecule has 1 unspecified atom stereocenters. The van der Waals surface area contributed by atoms with E-state index in [9.17, 15) is 8.78 Å². The molecule has 0 aromatic heterocycles. The van der Waals surface area contributed by atoms with Gasteiger partial charge in [-0.05, 0) is 25.3 Å². The molecule has 118 valence electrons. The molecule has 1 fully saturated rings. The molecule has 0 bridgehead atoms. The van der Waals surface area contributed by atoms with Crippen molar-refractivity contribution in [1.82, 2.24) is 10.2 Å². The van der Waals surface area contributed by atoms with Crippen molar-refractivity contribution in [3.8, 4) is 0 Å². The molecule has 2 nitrogen and oxygen atoms in total. The van der Waals surface area contributed by atoms with Crippen molar-refractivity contribution >= 4 is 0 Å². The third-order valence-electron chi connectivity index (χ3n) is 4.20. The molecular weight excluding hydrogens is 270 g/mol. The van der Waals surface area contributed by atoms with Gasteiger partial charge in [-0.1, -0.05) is 26.8 Å². The number of rotatable bonds is 2.